The van der Waals surface area contributed by atoms with Gasteiger partial charge in [0, 0.05) is 33.7 Å². The second-order valence-electron chi connectivity index (χ2n) is 7.01. The molecule has 0 aliphatic heterocycles. The Morgan fingerprint density at radius 1 is 1.03 bits per heavy atom. The van der Waals surface area contributed by atoms with E-state index in [4.69, 9.17) is 0 Å². The van der Waals surface area contributed by atoms with Gasteiger partial charge in [-0.1, -0.05) is 30.3 Å². The minimum absolute atomic E-state index is 0.0860. The van der Waals surface area contributed by atoms with Crippen molar-refractivity contribution in [2.75, 3.05) is 5.32 Å². The number of amides is 2. The summed E-state index contributed by atoms with van der Waals surface area (Å²) >= 11 is 3.40. The number of thioether (sulfide) groups is 1. The molecule has 4 nitrogen and oxygen atoms in total. The van der Waals surface area contributed by atoms with Crippen molar-refractivity contribution in [3.05, 3.63) is 82.0 Å². The van der Waals surface area contributed by atoms with Gasteiger partial charge in [-0.25, -0.2) is 0 Å². The Bertz CT molecular complexity index is 998. The average molecular weight is 423 g/mol. The standard InChI is InChI=1S/C23H22N2O2S2/c26-22(17-10-11-17)25-18-6-3-5-16(13-18)14-24-23(27)20-8-1-2-9-21(20)29-15-19-7-4-12-28-19/h1-9,12-13,17H,10-11,14-15H2,(H,24,27)(H,25,26). The van der Waals surface area contributed by atoms with Gasteiger partial charge in [0.2, 0.25) is 5.91 Å². The molecule has 29 heavy (non-hydrogen) atoms. The van der Waals surface area contributed by atoms with Gasteiger partial charge in [-0.2, -0.15) is 0 Å². The SMILES string of the molecule is O=C(NCc1cccc(NC(=O)C2CC2)c1)c1ccccc1SCc1cccs1. The summed E-state index contributed by atoms with van der Waals surface area (Å²) in [5.74, 6) is 1.01. The molecule has 1 fully saturated rings. The molecule has 0 atom stereocenters. The molecule has 1 heterocycles. The summed E-state index contributed by atoms with van der Waals surface area (Å²) in [7, 11) is 0. The predicted molar refractivity (Wildman–Crippen MR) is 119 cm³/mol. The molecule has 0 saturated heterocycles. The van der Waals surface area contributed by atoms with Crippen LogP contribution in [0.2, 0.25) is 0 Å². The Morgan fingerprint density at radius 3 is 2.69 bits per heavy atom. The summed E-state index contributed by atoms with van der Waals surface area (Å²) in [4.78, 5) is 27.0. The fourth-order valence-electron chi connectivity index (χ4n) is 2.95. The molecule has 2 aromatic carbocycles. The van der Waals surface area contributed by atoms with Crippen LogP contribution >= 0.6 is 23.1 Å². The number of hydrogen-bond donors (Lipinski definition) is 2. The Morgan fingerprint density at radius 2 is 1.90 bits per heavy atom. The molecule has 1 aliphatic carbocycles. The maximum atomic E-state index is 12.8. The normalized spacial score (nSPS) is 13.1. The molecular weight excluding hydrogens is 400 g/mol. The molecule has 0 bridgehead atoms. The summed E-state index contributed by atoms with van der Waals surface area (Å²) in [5.41, 5.74) is 2.42. The minimum Gasteiger partial charge on any atom is -0.348 e. The first kappa shape index (κ1) is 19.7. The lowest BCUT2D eigenvalue weighted by molar-refractivity contribution is -0.117. The molecular formula is C23H22N2O2S2. The van der Waals surface area contributed by atoms with Gasteiger partial charge in [0.05, 0.1) is 5.56 Å². The smallest absolute Gasteiger partial charge is 0.252 e. The van der Waals surface area contributed by atoms with Gasteiger partial charge in [0.15, 0.2) is 0 Å². The number of anilines is 1. The number of thiophene rings is 1. The molecule has 1 saturated carbocycles. The van der Waals surface area contributed by atoms with Crippen LogP contribution in [0.1, 0.15) is 33.6 Å². The Kier molecular flexibility index (Phi) is 6.32. The molecule has 1 aliphatic rings. The van der Waals surface area contributed by atoms with Crippen LogP contribution in [0.4, 0.5) is 5.69 Å². The lowest BCUT2D eigenvalue weighted by Gasteiger charge is -2.11. The van der Waals surface area contributed by atoms with Crippen molar-refractivity contribution in [1.82, 2.24) is 5.32 Å². The van der Waals surface area contributed by atoms with E-state index in [-0.39, 0.29) is 17.7 Å². The van der Waals surface area contributed by atoms with Crippen LogP contribution in [0.3, 0.4) is 0 Å². The largest absolute Gasteiger partial charge is 0.348 e. The second-order valence-corrected chi connectivity index (χ2v) is 9.06. The van der Waals surface area contributed by atoms with E-state index in [0.29, 0.717) is 12.1 Å². The highest BCUT2D eigenvalue weighted by molar-refractivity contribution is 7.98. The van der Waals surface area contributed by atoms with E-state index in [2.05, 4.69) is 22.1 Å². The third-order valence-electron chi connectivity index (χ3n) is 4.68. The van der Waals surface area contributed by atoms with Gasteiger partial charge in [0.1, 0.15) is 0 Å². The van der Waals surface area contributed by atoms with Gasteiger partial charge in [-0.15, -0.1) is 23.1 Å². The van der Waals surface area contributed by atoms with E-state index >= 15 is 0 Å². The molecule has 0 unspecified atom stereocenters. The van der Waals surface area contributed by atoms with Crippen LogP contribution in [0.15, 0.2) is 70.9 Å². The maximum absolute atomic E-state index is 12.8. The van der Waals surface area contributed by atoms with Crippen molar-refractivity contribution in [3.8, 4) is 0 Å². The first-order valence-electron chi connectivity index (χ1n) is 9.61. The first-order chi connectivity index (χ1) is 14.2. The highest BCUT2D eigenvalue weighted by atomic mass is 32.2. The first-order valence-corrected chi connectivity index (χ1v) is 11.5. The van der Waals surface area contributed by atoms with Gasteiger partial charge >= 0.3 is 0 Å². The van der Waals surface area contributed by atoms with E-state index in [1.54, 1.807) is 23.1 Å². The third-order valence-corrected chi connectivity index (χ3v) is 6.86. The summed E-state index contributed by atoms with van der Waals surface area (Å²) in [6.07, 6.45) is 1.96. The van der Waals surface area contributed by atoms with Crippen molar-refractivity contribution >= 4 is 40.6 Å². The van der Waals surface area contributed by atoms with E-state index in [1.807, 2.05) is 54.6 Å². The third kappa shape index (κ3) is 5.49. The van der Waals surface area contributed by atoms with Crippen LogP contribution in [0.25, 0.3) is 0 Å². The van der Waals surface area contributed by atoms with Crippen molar-refractivity contribution in [2.24, 2.45) is 5.92 Å². The molecule has 0 spiro atoms. The number of carbonyl (C=O) groups is 2. The predicted octanol–water partition coefficient (Wildman–Crippen LogP) is 5.32. The zero-order valence-electron chi connectivity index (χ0n) is 15.9. The highest BCUT2D eigenvalue weighted by Gasteiger charge is 2.29. The van der Waals surface area contributed by atoms with Crippen LogP contribution in [0.5, 0.6) is 0 Å². The molecule has 2 amide bonds. The number of rotatable bonds is 8. The zero-order valence-corrected chi connectivity index (χ0v) is 17.5. The quantitative estimate of drug-likeness (QED) is 0.483. The number of benzene rings is 2. The molecule has 6 heteroatoms. The van der Waals surface area contributed by atoms with Gasteiger partial charge in [-0.05, 0) is 54.1 Å². The number of nitrogens with one attached hydrogen (secondary N) is 2. The molecule has 1 aromatic heterocycles. The molecule has 3 aromatic rings. The van der Waals surface area contributed by atoms with E-state index in [1.165, 1.54) is 4.88 Å². The van der Waals surface area contributed by atoms with Gasteiger partial charge in [-0.3, -0.25) is 9.59 Å². The van der Waals surface area contributed by atoms with Crippen molar-refractivity contribution < 1.29 is 9.59 Å². The Hall–Kier alpha value is -2.57. The molecule has 4 rings (SSSR count). The zero-order chi connectivity index (χ0) is 20.1. The Balaban J connectivity index is 1.36. The summed E-state index contributed by atoms with van der Waals surface area (Å²) in [6, 6.07) is 19.5. The lowest BCUT2D eigenvalue weighted by Crippen LogP contribution is -2.23. The number of carbonyl (C=O) groups excluding carboxylic acids is 2. The topological polar surface area (TPSA) is 58.2 Å². The highest BCUT2D eigenvalue weighted by Crippen LogP contribution is 2.30. The maximum Gasteiger partial charge on any atom is 0.252 e. The van der Waals surface area contributed by atoms with Crippen molar-refractivity contribution in [3.63, 3.8) is 0 Å². The molecule has 148 valence electrons. The van der Waals surface area contributed by atoms with Gasteiger partial charge in [0.25, 0.3) is 5.91 Å². The van der Waals surface area contributed by atoms with Crippen LogP contribution < -0.4 is 10.6 Å². The molecule has 2 N–H and O–H groups in total. The number of hydrogen-bond acceptors (Lipinski definition) is 4. The van der Waals surface area contributed by atoms with E-state index in [0.717, 1.165) is 34.7 Å². The fourth-order valence-corrected chi connectivity index (χ4v) is 4.77. The minimum atomic E-state index is -0.0910. The summed E-state index contributed by atoms with van der Waals surface area (Å²) < 4.78 is 0. The van der Waals surface area contributed by atoms with E-state index < -0.39 is 0 Å². The second kappa shape index (κ2) is 9.29. The monoisotopic (exact) mass is 422 g/mol. The molecule has 0 radical (unpaired) electrons. The van der Waals surface area contributed by atoms with Crippen molar-refractivity contribution in [1.29, 1.82) is 0 Å². The lowest BCUT2D eigenvalue weighted by atomic mass is 10.1. The average Bonchev–Trinajstić information content (AvgIpc) is 3.47. The summed E-state index contributed by atoms with van der Waals surface area (Å²) in [5, 5.41) is 8.02. The summed E-state index contributed by atoms with van der Waals surface area (Å²) in [6.45, 7) is 0.413. The Labute approximate surface area is 178 Å². The fraction of sp³-hybridized carbons (Fsp3) is 0.217. The van der Waals surface area contributed by atoms with Crippen LogP contribution in [-0.2, 0) is 17.1 Å². The van der Waals surface area contributed by atoms with E-state index in [9.17, 15) is 9.59 Å². The van der Waals surface area contributed by atoms with Crippen LogP contribution in [-0.4, -0.2) is 11.8 Å². The van der Waals surface area contributed by atoms with Gasteiger partial charge < -0.3 is 10.6 Å². The van der Waals surface area contributed by atoms with Crippen molar-refractivity contribution in [2.45, 2.75) is 30.0 Å². The van der Waals surface area contributed by atoms with Crippen LogP contribution in [0, 0.1) is 5.92 Å².